The Morgan fingerprint density at radius 3 is 1.94 bits per heavy atom. The molecule has 0 radical (unpaired) electrons. The number of hydrogen-bond donors (Lipinski definition) is 13. The van der Waals surface area contributed by atoms with Crippen LogP contribution >= 0.6 is 0 Å². The van der Waals surface area contributed by atoms with E-state index in [0.29, 0.717) is 5.56 Å². The molecule has 13 N–H and O–H groups in total. The van der Waals surface area contributed by atoms with Gasteiger partial charge in [-0.1, -0.05) is 12.1 Å². The Bertz CT molecular complexity index is 2420. The van der Waals surface area contributed by atoms with Gasteiger partial charge in [0.2, 0.25) is 0 Å². The van der Waals surface area contributed by atoms with Gasteiger partial charge in [0.25, 0.3) is 0 Å². The van der Waals surface area contributed by atoms with Gasteiger partial charge in [-0.15, -0.1) is 0 Å². The monoisotopic (exact) mass is 932 g/mol. The summed E-state index contributed by atoms with van der Waals surface area (Å²) in [6.45, 7) is -2.87. The lowest BCUT2D eigenvalue weighted by atomic mass is 9.88. The maximum Gasteiger partial charge on any atom is 0.331 e. The number of phenols is 4. The van der Waals surface area contributed by atoms with Crippen LogP contribution in [0.25, 0.3) is 28.4 Å². The predicted molar refractivity (Wildman–Crippen MR) is 218 cm³/mol. The second kappa shape index (κ2) is 20.2. The molecular formula is C43H48O23. The quantitative estimate of drug-likeness (QED) is 0.0496. The fraction of sp³-hybridized carbons (Fsp3) is 0.442. The molecule has 3 fully saturated rings. The number of aliphatic hydroxyl groups excluding tert-OH is 9. The number of rotatable bonds is 13. The second-order valence-corrected chi connectivity index (χ2v) is 15.6. The minimum atomic E-state index is -2.11. The van der Waals surface area contributed by atoms with Crippen molar-refractivity contribution < 1.29 is 109 Å². The van der Waals surface area contributed by atoms with Crippen molar-refractivity contribution in [3.8, 4) is 40.1 Å². The first-order chi connectivity index (χ1) is 31.5. The SMILES string of the molecule is COc1cc(-c2cc(=O)c3c(O)c([C@@H]4O[C@H](CO)[C@H](O)[C@@H](O[C@H]5O[C@@H](CO)[C@H](O)[C@@H](O)[C@@H]5O[C@@H]5O[C@H](CO)[C@H](O)[C@@H](O)[C@@H]5O)[C@@H]4OC(=O)/C=C/c4ccc(O)cc4)c(O)cc3o2)ccc1O. The molecule has 3 aliphatic rings. The third-order valence-corrected chi connectivity index (χ3v) is 11.4. The molecule has 0 bridgehead atoms. The van der Waals surface area contributed by atoms with E-state index in [-0.39, 0.29) is 34.2 Å². The number of phenolic OH excluding ortho intramolecular Hbond substituents is 4. The van der Waals surface area contributed by atoms with Crippen LogP contribution in [0.5, 0.6) is 28.7 Å². The maximum absolute atomic E-state index is 13.8. The van der Waals surface area contributed by atoms with Crippen molar-refractivity contribution in [3.05, 3.63) is 82.0 Å². The highest BCUT2D eigenvalue weighted by Crippen LogP contribution is 2.47. The van der Waals surface area contributed by atoms with Gasteiger partial charge in [-0.05, 0) is 42.0 Å². The van der Waals surface area contributed by atoms with Gasteiger partial charge < -0.3 is 104 Å². The lowest BCUT2D eigenvalue weighted by molar-refractivity contribution is -0.382. The number of methoxy groups -OCH3 is 1. The normalized spacial score (nSPS) is 32.7. The largest absolute Gasteiger partial charge is 0.508 e. The molecule has 3 aromatic carbocycles. The van der Waals surface area contributed by atoms with Gasteiger partial charge in [0, 0.05) is 23.8 Å². The molecule has 23 heteroatoms. The summed E-state index contributed by atoms with van der Waals surface area (Å²) in [6, 6.07) is 11.5. The van der Waals surface area contributed by atoms with Crippen LogP contribution in [-0.4, -0.2) is 185 Å². The molecule has 4 aromatic rings. The van der Waals surface area contributed by atoms with Crippen LogP contribution in [-0.2, 0) is 33.2 Å². The van der Waals surface area contributed by atoms with Crippen molar-refractivity contribution in [1.29, 1.82) is 0 Å². The highest BCUT2D eigenvalue weighted by Gasteiger charge is 2.56. The molecule has 23 nitrogen and oxygen atoms in total. The molecule has 3 aliphatic heterocycles. The van der Waals surface area contributed by atoms with Crippen LogP contribution < -0.4 is 10.2 Å². The van der Waals surface area contributed by atoms with Gasteiger partial charge in [0.15, 0.2) is 35.6 Å². The third-order valence-electron chi connectivity index (χ3n) is 11.4. The van der Waals surface area contributed by atoms with Gasteiger partial charge in [-0.2, -0.15) is 0 Å². The number of carbonyl (C=O) groups excluding carboxylic acids is 1. The molecule has 7 rings (SSSR count). The number of hydrogen-bond acceptors (Lipinski definition) is 23. The van der Waals surface area contributed by atoms with Gasteiger partial charge in [0.05, 0.1) is 32.5 Å². The fourth-order valence-corrected chi connectivity index (χ4v) is 7.88. The number of aliphatic hydroxyl groups is 9. The average molecular weight is 933 g/mol. The van der Waals surface area contributed by atoms with Crippen molar-refractivity contribution in [3.63, 3.8) is 0 Å². The van der Waals surface area contributed by atoms with Crippen molar-refractivity contribution in [2.24, 2.45) is 0 Å². The number of carbonyl (C=O) groups is 1. The van der Waals surface area contributed by atoms with Gasteiger partial charge in [0.1, 0.15) is 107 Å². The number of fused-ring (bicyclic) bond motifs is 1. The third kappa shape index (κ3) is 9.53. The van der Waals surface area contributed by atoms with Crippen LogP contribution in [0.15, 0.2) is 69.9 Å². The number of ether oxygens (including phenoxy) is 7. The first-order valence-electron chi connectivity index (χ1n) is 20.3. The summed E-state index contributed by atoms with van der Waals surface area (Å²) in [5.41, 5.74) is -1.27. The Kier molecular flexibility index (Phi) is 14.8. The van der Waals surface area contributed by atoms with E-state index in [1.807, 2.05) is 0 Å². The van der Waals surface area contributed by atoms with E-state index in [1.165, 1.54) is 55.7 Å². The summed E-state index contributed by atoms with van der Waals surface area (Å²) >= 11 is 0. The van der Waals surface area contributed by atoms with Crippen LogP contribution in [0.1, 0.15) is 17.2 Å². The maximum atomic E-state index is 13.8. The van der Waals surface area contributed by atoms with Crippen molar-refractivity contribution in [2.75, 3.05) is 26.9 Å². The Morgan fingerprint density at radius 1 is 0.667 bits per heavy atom. The van der Waals surface area contributed by atoms with Gasteiger partial charge >= 0.3 is 5.97 Å². The summed E-state index contributed by atoms with van der Waals surface area (Å²) in [5, 5.41) is 138. The van der Waals surface area contributed by atoms with E-state index in [9.17, 15) is 76.0 Å². The first-order valence-corrected chi connectivity index (χ1v) is 20.3. The molecular weight excluding hydrogens is 884 g/mol. The Balaban J connectivity index is 1.31. The lowest BCUT2D eigenvalue weighted by Gasteiger charge is -2.49. The Labute approximate surface area is 372 Å². The standard InChI is InChI=1S/C43H48O23/c1-59-23-10-17(5-8-19(23)48)22-11-20(49)29-24(60-22)12-21(50)30(34(29)55)38-41(64-28(51)9-4-16-2-6-18(47)7-3-16)39(33(54)27(15-46)61-38)65-43-40(36(57)32(53)26(14-45)63-43)66-42-37(58)35(56)31(52)25(13-44)62-42/h2-12,25-27,31-33,35-48,50,52-58H,13-15H2,1H3/b9-4+/t25-,26+,27-,31+,32+,33+,35-,36-,37+,38+,39-,40+,41-,42+,43-/m1/s1. The topological polar surface area (TPSA) is 375 Å². The molecule has 15 atom stereocenters. The molecule has 0 amide bonds. The summed E-state index contributed by atoms with van der Waals surface area (Å²) in [7, 11) is 1.30. The minimum absolute atomic E-state index is 0.0320. The number of benzene rings is 3. The zero-order valence-electron chi connectivity index (χ0n) is 34.5. The molecule has 0 aliphatic carbocycles. The zero-order valence-corrected chi connectivity index (χ0v) is 34.5. The van der Waals surface area contributed by atoms with Crippen molar-refractivity contribution in [2.45, 2.75) is 91.9 Å². The van der Waals surface area contributed by atoms with Crippen LogP contribution in [0, 0.1) is 0 Å². The zero-order chi connectivity index (χ0) is 47.7. The number of esters is 1. The van der Waals surface area contributed by atoms with E-state index in [4.69, 9.17) is 37.6 Å². The van der Waals surface area contributed by atoms with Crippen LogP contribution in [0.4, 0.5) is 0 Å². The second-order valence-electron chi connectivity index (χ2n) is 15.6. The summed E-state index contributed by atoms with van der Waals surface area (Å²) < 4.78 is 45.9. The fourth-order valence-electron chi connectivity index (χ4n) is 7.88. The average Bonchev–Trinajstić information content (AvgIpc) is 3.29. The molecule has 358 valence electrons. The lowest BCUT2D eigenvalue weighted by Crippen LogP contribution is -2.66. The van der Waals surface area contributed by atoms with E-state index in [0.717, 1.165) is 18.2 Å². The highest BCUT2D eigenvalue weighted by atomic mass is 16.8. The van der Waals surface area contributed by atoms with Crippen LogP contribution in [0.2, 0.25) is 0 Å². The van der Waals surface area contributed by atoms with E-state index in [1.54, 1.807) is 0 Å². The van der Waals surface area contributed by atoms with Gasteiger partial charge in [-0.25, -0.2) is 4.79 Å². The van der Waals surface area contributed by atoms with Crippen LogP contribution in [0.3, 0.4) is 0 Å². The summed E-state index contributed by atoms with van der Waals surface area (Å²) in [4.78, 5) is 27.5. The molecule has 1 aromatic heterocycles. The summed E-state index contributed by atoms with van der Waals surface area (Å²) in [5.74, 6) is -3.38. The van der Waals surface area contributed by atoms with E-state index in [2.05, 4.69) is 0 Å². The Morgan fingerprint density at radius 2 is 1.29 bits per heavy atom. The van der Waals surface area contributed by atoms with E-state index >= 15 is 0 Å². The molecule has 4 heterocycles. The first kappa shape index (κ1) is 48.5. The Hall–Kier alpha value is -5.48. The van der Waals surface area contributed by atoms with Gasteiger partial charge in [-0.3, -0.25) is 4.79 Å². The van der Waals surface area contributed by atoms with E-state index < -0.39 is 146 Å². The smallest absolute Gasteiger partial charge is 0.331 e. The molecule has 3 saturated heterocycles. The minimum Gasteiger partial charge on any atom is -0.508 e. The highest BCUT2D eigenvalue weighted by molar-refractivity contribution is 5.89. The molecule has 66 heavy (non-hydrogen) atoms. The number of aromatic hydroxyl groups is 4. The van der Waals surface area contributed by atoms with Crippen molar-refractivity contribution in [1.82, 2.24) is 0 Å². The predicted octanol–water partition coefficient (Wildman–Crippen LogP) is -2.28. The van der Waals surface area contributed by atoms with Crippen molar-refractivity contribution >= 4 is 23.0 Å². The summed E-state index contributed by atoms with van der Waals surface area (Å²) in [6.07, 6.45) is -26.9. The molecule has 0 spiro atoms. The molecule has 0 saturated carbocycles. The molecule has 0 unspecified atom stereocenters.